The molecule has 3 unspecified atom stereocenters. The highest BCUT2D eigenvalue weighted by atomic mass is 28.4. The van der Waals surface area contributed by atoms with E-state index in [0.29, 0.717) is 0 Å². The first-order valence-electron chi connectivity index (χ1n) is 9.98. The maximum atomic E-state index is 15.6. The van der Waals surface area contributed by atoms with Gasteiger partial charge in [0, 0.05) is 0 Å². The summed E-state index contributed by atoms with van der Waals surface area (Å²) < 4.78 is 186. The van der Waals surface area contributed by atoms with Crippen LogP contribution in [0.4, 0.5) is 57.1 Å². The summed E-state index contributed by atoms with van der Waals surface area (Å²) >= 11 is 0. The Bertz CT molecular complexity index is 750. The van der Waals surface area contributed by atoms with Gasteiger partial charge in [-0.15, -0.1) is 0 Å². The van der Waals surface area contributed by atoms with Crippen molar-refractivity contribution >= 4 is 17.4 Å². The van der Waals surface area contributed by atoms with E-state index in [9.17, 15) is 48.3 Å². The summed E-state index contributed by atoms with van der Waals surface area (Å²) in [5.41, 5.74) is 0. The highest BCUT2D eigenvalue weighted by molar-refractivity contribution is 6.80. The third-order valence-corrected chi connectivity index (χ3v) is 14.3. The van der Waals surface area contributed by atoms with E-state index in [1.807, 2.05) is 0 Å². The predicted molar refractivity (Wildman–Crippen MR) is 96.4 cm³/mol. The molecule has 2 bridgehead atoms. The maximum absolute atomic E-state index is 15.6. The molecular formula is C17H23F13OSi2. The molecule has 196 valence electrons. The zero-order chi connectivity index (χ0) is 26.3. The van der Waals surface area contributed by atoms with Crippen molar-refractivity contribution in [1.29, 1.82) is 0 Å². The summed E-state index contributed by atoms with van der Waals surface area (Å²) in [6.07, 6.45) is -8.20. The minimum Gasteiger partial charge on any atom is -0.458 e. The normalized spacial score (nSPS) is 28.2. The SMILES string of the molecule is C[SiH](C)O[Si](C)(C)C1(C(F)(F)C(F)(F)C(F)(F)C(F)(F)C(F)(F)C(F)(F)F)CC2CCC1C2. The lowest BCUT2D eigenvalue weighted by atomic mass is 9.77. The van der Waals surface area contributed by atoms with Gasteiger partial charge in [-0.1, -0.05) is 6.42 Å². The Morgan fingerprint density at radius 1 is 0.727 bits per heavy atom. The second-order valence-electron chi connectivity index (χ2n) is 9.60. The molecule has 2 fully saturated rings. The molecule has 2 saturated carbocycles. The van der Waals surface area contributed by atoms with Crippen molar-refractivity contribution in [1.82, 2.24) is 0 Å². The minimum absolute atomic E-state index is 0.119. The summed E-state index contributed by atoms with van der Waals surface area (Å²) in [5.74, 6) is -38.7. The van der Waals surface area contributed by atoms with Crippen molar-refractivity contribution < 1.29 is 61.2 Å². The van der Waals surface area contributed by atoms with E-state index in [2.05, 4.69) is 0 Å². The van der Waals surface area contributed by atoms with Gasteiger partial charge in [0.2, 0.25) is 0 Å². The molecule has 3 atom stereocenters. The Morgan fingerprint density at radius 3 is 1.52 bits per heavy atom. The molecule has 0 heterocycles. The topological polar surface area (TPSA) is 9.23 Å². The van der Waals surface area contributed by atoms with Crippen LogP contribution < -0.4 is 0 Å². The molecule has 0 radical (unpaired) electrons. The smallest absolute Gasteiger partial charge is 0.458 e. The Labute approximate surface area is 183 Å². The molecule has 0 aromatic carbocycles. The highest BCUT2D eigenvalue weighted by Gasteiger charge is 2.94. The zero-order valence-corrected chi connectivity index (χ0v) is 20.0. The van der Waals surface area contributed by atoms with Crippen molar-refractivity contribution in [2.24, 2.45) is 11.8 Å². The number of halogens is 13. The Morgan fingerprint density at radius 2 is 1.18 bits per heavy atom. The van der Waals surface area contributed by atoms with E-state index in [-0.39, 0.29) is 19.3 Å². The van der Waals surface area contributed by atoms with E-state index in [1.165, 1.54) is 13.1 Å². The van der Waals surface area contributed by atoms with Gasteiger partial charge in [0.05, 0.1) is 5.04 Å². The van der Waals surface area contributed by atoms with Gasteiger partial charge in [0.25, 0.3) is 0 Å². The molecule has 0 aliphatic heterocycles. The molecular weight excluding hydrogens is 523 g/mol. The third kappa shape index (κ3) is 3.58. The lowest BCUT2D eigenvalue weighted by molar-refractivity contribution is -0.443. The molecule has 0 aromatic rings. The molecule has 0 aromatic heterocycles. The van der Waals surface area contributed by atoms with Crippen molar-refractivity contribution in [3.8, 4) is 0 Å². The Balaban J connectivity index is 2.72. The van der Waals surface area contributed by atoms with Gasteiger partial charge >= 0.3 is 35.8 Å². The monoisotopic (exact) mass is 546 g/mol. The largest absolute Gasteiger partial charge is 0.460 e. The third-order valence-electron chi connectivity index (χ3n) is 6.95. The van der Waals surface area contributed by atoms with Crippen LogP contribution in [0.5, 0.6) is 0 Å². The first-order chi connectivity index (χ1) is 14.3. The van der Waals surface area contributed by atoms with Crippen LogP contribution in [0.3, 0.4) is 0 Å². The summed E-state index contributed by atoms with van der Waals surface area (Å²) in [5, 5.41) is -3.07. The van der Waals surface area contributed by atoms with Crippen molar-refractivity contribution in [2.45, 2.75) is 92.7 Å². The molecule has 2 aliphatic rings. The van der Waals surface area contributed by atoms with Gasteiger partial charge in [-0.05, 0) is 57.3 Å². The quantitative estimate of drug-likeness (QED) is 0.227. The number of hydrogen-bond acceptors (Lipinski definition) is 1. The van der Waals surface area contributed by atoms with Crippen molar-refractivity contribution in [3.63, 3.8) is 0 Å². The van der Waals surface area contributed by atoms with Crippen LogP contribution in [-0.2, 0) is 4.12 Å². The zero-order valence-electron chi connectivity index (χ0n) is 17.9. The van der Waals surface area contributed by atoms with Crippen LogP contribution in [0.25, 0.3) is 0 Å². The second kappa shape index (κ2) is 7.74. The molecule has 2 rings (SSSR count). The fraction of sp³-hybridized carbons (Fsp3) is 1.00. The van der Waals surface area contributed by atoms with E-state index in [4.69, 9.17) is 4.12 Å². The number of alkyl halides is 13. The summed E-state index contributed by atoms with van der Waals surface area (Å²) in [7, 11) is -6.45. The van der Waals surface area contributed by atoms with Gasteiger partial charge in [0.15, 0.2) is 17.4 Å². The van der Waals surface area contributed by atoms with E-state index >= 15 is 8.78 Å². The molecule has 1 nitrogen and oxygen atoms in total. The van der Waals surface area contributed by atoms with Gasteiger partial charge in [0.1, 0.15) is 0 Å². The van der Waals surface area contributed by atoms with Crippen molar-refractivity contribution in [3.05, 3.63) is 0 Å². The molecule has 0 amide bonds. The number of fused-ring (bicyclic) bond motifs is 2. The highest BCUT2D eigenvalue weighted by Crippen LogP contribution is 2.76. The maximum Gasteiger partial charge on any atom is 0.460 e. The van der Waals surface area contributed by atoms with Crippen LogP contribution in [0.1, 0.15) is 25.7 Å². The molecule has 0 spiro atoms. The lowest BCUT2D eigenvalue weighted by Crippen LogP contribution is -2.74. The number of hydrogen-bond donors (Lipinski definition) is 0. The van der Waals surface area contributed by atoms with Crippen LogP contribution >= 0.6 is 0 Å². The second-order valence-corrected chi connectivity index (χ2v) is 16.6. The van der Waals surface area contributed by atoms with Gasteiger partial charge in [-0.2, -0.15) is 57.1 Å². The molecule has 0 saturated heterocycles. The van der Waals surface area contributed by atoms with E-state index in [1.54, 1.807) is 0 Å². The molecule has 2 aliphatic carbocycles. The van der Waals surface area contributed by atoms with Crippen LogP contribution in [0, 0.1) is 11.8 Å². The minimum atomic E-state index is -7.87. The fourth-order valence-corrected chi connectivity index (χ4v) is 14.1. The van der Waals surface area contributed by atoms with Gasteiger partial charge < -0.3 is 4.12 Å². The average Bonchev–Trinajstić information content (AvgIpc) is 3.20. The predicted octanol–water partition coefficient (Wildman–Crippen LogP) is 7.49. The first kappa shape index (κ1) is 28.7. The van der Waals surface area contributed by atoms with E-state index in [0.717, 1.165) is 13.1 Å². The molecule has 0 N–H and O–H groups in total. The Kier molecular flexibility index (Phi) is 6.74. The summed E-state index contributed by atoms with van der Waals surface area (Å²) in [4.78, 5) is 0. The van der Waals surface area contributed by atoms with Gasteiger partial charge in [-0.25, -0.2) is 0 Å². The summed E-state index contributed by atoms with van der Waals surface area (Å²) in [6.45, 7) is 5.01. The molecule has 16 heteroatoms. The summed E-state index contributed by atoms with van der Waals surface area (Å²) in [6, 6.07) is 0. The van der Waals surface area contributed by atoms with Crippen LogP contribution in [-0.4, -0.2) is 53.1 Å². The Hall–Kier alpha value is -0.516. The molecule has 33 heavy (non-hydrogen) atoms. The van der Waals surface area contributed by atoms with Crippen LogP contribution in [0.2, 0.25) is 31.2 Å². The standard InChI is InChI=1S/C17H23F13OSi2/c1-32(2)31-33(3,4)11(8-9-5-6-10(11)7-9)12(18,19)13(20,21)14(22,23)15(24,25)16(26,27)17(28,29)30/h9-10,32H,5-8H2,1-4H3. The lowest BCUT2D eigenvalue weighted by Gasteiger charge is -2.55. The fourth-order valence-electron chi connectivity index (χ4n) is 5.57. The average molecular weight is 547 g/mol. The van der Waals surface area contributed by atoms with Gasteiger partial charge in [-0.3, -0.25) is 0 Å². The number of rotatable bonds is 8. The first-order valence-corrected chi connectivity index (χ1v) is 15.7. The van der Waals surface area contributed by atoms with Crippen molar-refractivity contribution in [2.75, 3.05) is 0 Å². The van der Waals surface area contributed by atoms with E-state index < -0.39 is 76.4 Å². The van der Waals surface area contributed by atoms with Crippen LogP contribution in [0.15, 0.2) is 0 Å².